The van der Waals surface area contributed by atoms with Crippen LogP contribution < -0.4 is 5.32 Å². The molecular formula is C15H20ClNO2. The third-order valence-corrected chi connectivity index (χ3v) is 3.10. The van der Waals surface area contributed by atoms with Crippen LogP contribution in [0, 0.1) is 5.92 Å². The van der Waals surface area contributed by atoms with Crippen molar-refractivity contribution in [1.29, 1.82) is 0 Å². The maximum Gasteiger partial charge on any atom is 0.247 e. The quantitative estimate of drug-likeness (QED) is 0.816. The zero-order valence-electron chi connectivity index (χ0n) is 11.5. The molecule has 0 heterocycles. The van der Waals surface area contributed by atoms with Gasteiger partial charge in [-0.15, -0.1) is 0 Å². The van der Waals surface area contributed by atoms with Crippen molar-refractivity contribution in [2.24, 2.45) is 5.92 Å². The van der Waals surface area contributed by atoms with Crippen molar-refractivity contribution in [3.05, 3.63) is 40.4 Å². The number of aliphatic hydroxyl groups is 1. The first kappa shape index (κ1) is 15.7. The molecule has 2 N–H and O–H groups in total. The van der Waals surface area contributed by atoms with Crippen LogP contribution in [0.3, 0.4) is 0 Å². The van der Waals surface area contributed by atoms with Crippen LogP contribution in [-0.2, 0) is 4.79 Å². The normalized spacial score (nSPS) is 13.5. The number of nitrogens with one attached hydrogen (secondary N) is 1. The highest BCUT2D eigenvalue weighted by Gasteiger charge is 2.11. The molecule has 104 valence electrons. The van der Waals surface area contributed by atoms with E-state index in [9.17, 15) is 9.90 Å². The van der Waals surface area contributed by atoms with Crippen LogP contribution in [0.25, 0.3) is 6.08 Å². The van der Waals surface area contributed by atoms with Gasteiger partial charge in [0.25, 0.3) is 0 Å². The molecule has 0 aliphatic carbocycles. The Balaban J connectivity index is 2.59. The van der Waals surface area contributed by atoms with Gasteiger partial charge in [-0.1, -0.05) is 37.6 Å². The van der Waals surface area contributed by atoms with Crippen molar-refractivity contribution >= 4 is 23.6 Å². The number of amides is 1. The summed E-state index contributed by atoms with van der Waals surface area (Å²) in [5, 5.41) is 13.0. The minimum atomic E-state index is -0.521. The Kier molecular flexibility index (Phi) is 6.06. The molecule has 1 amide bonds. The molecule has 4 heteroatoms. The summed E-state index contributed by atoms with van der Waals surface area (Å²) in [5.41, 5.74) is 1.51. The Hall–Kier alpha value is -1.32. The predicted molar refractivity (Wildman–Crippen MR) is 79.0 cm³/mol. The lowest BCUT2D eigenvalue weighted by atomic mass is 10.1. The van der Waals surface area contributed by atoms with E-state index >= 15 is 0 Å². The largest absolute Gasteiger partial charge is 0.391 e. The van der Waals surface area contributed by atoms with E-state index in [4.69, 9.17) is 11.6 Å². The molecule has 1 aromatic carbocycles. The summed E-state index contributed by atoms with van der Waals surface area (Å²) in [6, 6.07) is 7.26. The van der Waals surface area contributed by atoms with Gasteiger partial charge in [0.15, 0.2) is 0 Å². The van der Waals surface area contributed by atoms with Gasteiger partial charge in [0, 0.05) is 17.1 Å². The van der Waals surface area contributed by atoms with E-state index in [2.05, 4.69) is 5.32 Å². The number of benzene rings is 1. The highest BCUT2D eigenvalue weighted by atomic mass is 35.5. The van der Waals surface area contributed by atoms with E-state index in [0.717, 1.165) is 5.56 Å². The Morgan fingerprint density at radius 3 is 2.47 bits per heavy atom. The van der Waals surface area contributed by atoms with E-state index in [1.54, 1.807) is 25.1 Å². The number of aliphatic hydroxyl groups excluding tert-OH is 1. The van der Waals surface area contributed by atoms with Gasteiger partial charge in [-0.05, 0) is 36.6 Å². The topological polar surface area (TPSA) is 49.3 Å². The van der Waals surface area contributed by atoms with Gasteiger partial charge >= 0.3 is 0 Å². The molecule has 1 unspecified atom stereocenters. The number of carbonyl (C=O) groups is 1. The summed E-state index contributed by atoms with van der Waals surface area (Å²) in [5.74, 6) is -0.0458. The highest BCUT2D eigenvalue weighted by Crippen LogP contribution is 2.12. The summed E-state index contributed by atoms with van der Waals surface area (Å²) in [7, 11) is 0. The molecule has 1 atom stereocenters. The smallest absolute Gasteiger partial charge is 0.247 e. The second-order valence-corrected chi connectivity index (χ2v) is 5.34. The maximum atomic E-state index is 11.8. The molecule has 0 aliphatic rings. The van der Waals surface area contributed by atoms with Gasteiger partial charge in [-0.2, -0.15) is 0 Å². The molecular weight excluding hydrogens is 262 g/mol. The predicted octanol–water partition coefficient (Wildman–Crippen LogP) is 2.88. The molecule has 1 rings (SSSR count). The van der Waals surface area contributed by atoms with Gasteiger partial charge < -0.3 is 10.4 Å². The minimum absolute atomic E-state index is 0.126. The Morgan fingerprint density at radius 2 is 1.95 bits per heavy atom. The molecule has 0 radical (unpaired) electrons. The van der Waals surface area contributed by atoms with Crippen LogP contribution in [0.2, 0.25) is 5.02 Å². The van der Waals surface area contributed by atoms with Crippen molar-refractivity contribution in [3.63, 3.8) is 0 Å². The number of hydrogen-bond donors (Lipinski definition) is 2. The number of halogens is 1. The summed E-state index contributed by atoms with van der Waals surface area (Å²) in [4.78, 5) is 11.8. The summed E-state index contributed by atoms with van der Waals surface area (Å²) in [6.45, 7) is 5.83. The molecule has 0 saturated carbocycles. The third-order valence-electron chi connectivity index (χ3n) is 2.85. The molecule has 0 spiro atoms. The molecule has 1 aromatic rings. The van der Waals surface area contributed by atoms with Crippen molar-refractivity contribution in [1.82, 2.24) is 5.32 Å². The lowest BCUT2D eigenvalue weighted by Gasteiger charge is -2.15. The lowest BCUT2D eigenvalue weighted by Crippen LogP contribution is -2.35. The van der Waals surface area contributed by atoms with Crippen LogP contribution in [0.15, 0.2) is 29.8 Å². The van der Waals surface area contributed by atoms with Gasteiger partial charge in [0.05, 0.1) is 6.10 Å². The van der Waals surface area contributed by atoms with Gasteiger partial charge in [0.1, 0.15) is 0 Å². The number of rotatable bonds is 5. The van der Waals surface area contributed by atoms with Crippen LogP contribution in [-0.4, -0.2) is 23.7 Å². The SMILES string of the molecule is C/C(=C\c1ccc(Cl)cc1)C(=O)NCC(O)C(C)C. The Labute approximate surface area is 119 Å². The van der Waals surface area contributed by atoms with E-state index in [1.807, 2.05) is 26.0 Å². The van der Waals surface area contributed by atoms with E-state index < -0.39 is 6.10 Å². The first-order chi connectivity index (χ1) is 8.90. The summed E-state index contributed by atoms with van der Waals surface area (Å²) in [6.07, 6.45) is 1.26. The summed E-state index contributed by atoms with van der Waals surface area (Å²) < 4.78 is 0. The molecule has 19 heavy (non-hydrogen) atoms. The monoisotopic (exact) mass is 281 g/mol. The van der Waals surface area contributed by atoms with Crippen molar-refractivity contribution in [3.8, 4) is 0 Å². The number of hydrogen-bond acceptors (Lipinski definition) is 2. The Morgan fingerprint density at radius 1 is 1.37 bits per heavy atom. The first-order valence-corrected chi connectivity index (χ1v) is 6.68. The average Bonchev–Trinajstić information content (AvgIpc) is 2.37. The molecule has 0 aliphatic heterocycles. The fourth-order valence-electron chi connectivity index (χ4n) is 1.45. The second kappa shape index (κ2) is 7.31. The van der Waals surface area contributed by atoms with Gasteiger partial charge in [0.2, 0.25) is 5.91 Å². The van der Waals surface area contributed by atoms with Gasteiger partial charge in [-0.3, -0.25) is 4.79 Å². The van der Waals surface area contributed by atoms with Crippen molar-refractivity contribution in [2.75, 3.05) is 6.54 Å². The van der Waals surface area contributed by atoms with Gasteiger partial charge in [-0.25, -0.2) is 0 Å². The third kappa shape index (κ3) is 5.45. The van der Waals surface area contributed by atoms with E-state index in [1.165, 1.54) is 0 Å². The van der Waals surface area contributed by atoms with E-state index in [0.29, 0.717) is 10.6 Å². The number of carbonyl (C=O) groups excluding carboxylic acids is 1. The molecule has 0 saturated heterocycles. The second-order valence-electron chi connectivity index (χ2n) is 4.90. The lowest BCUT2D eigenvalue weighted by molar-refractivity contribution is -0.117. The van der Waals surface area contributed by atoms with Crippen LogP contribution in [0.1, 0.15) is 26.3 Å². The highest BCUT2D eigenvalue weighted by molar-refractivity contribution is 6.30. The molecule has 0 aromatic heterocycles. The molecule has 0 fully saturated rings. The van der Waals surface area contributed by atoms with Crippen LogP contribution in [0.5, 0.6) is 0 Å². The summed E-state index contributed by atoms with van der Waals surface area (Å²) >= 11 is 5.80. The zero-order valence-corrected chi connectivity index (χ0v) is 12.2. The standard InChI is InChI=1S/C15H20ClNO2/c1-10(2)14(18)9-17-15(19)11(3)8-12-4-6-13(16)7-5-12/h4-8,10,14,18H,9H2,1-3H3,(H,17,19)/b11-8+. The van der Waals surface area contributed by atoms with E-state index in [-0.39, 0.29) is 18.4 Å². The fourth-order valence-corrected chi connectivity index (χ4v) is 1.57. The molecule has 0 bridgehead atoms. The van der Waals surface area contributed by atoms with Crippen molar-refractivity contribution in [2.45, 2.75) is 26.9 Å². The van der Waals surface area contributed by atoms with Crippen molar-refractivity contribution < 1.29 is 9.90 Å². The molecule has 3 nitrogen and oxygen atoms in total. The van der Waals surface area contributed by atoms with Crippen LogP contribution in [0.4, 0.5) is 0 Å². The zero-order chi connectivity index (χ0) is 14.4. The first-order valence-electron chi connectivity index (χ1n) is 6.30. The van der Waals surface area contributed by atoms with Crippen LogP contribution >= 0.6 is 11.6 Å². The fraction of sp³-hybridized carbons (Fsp3) is 0.400. The maximum absolute atomic E-state index is 11.8. The average molecular weight is 282 g/mol. The minimum Gasteiger partial charge on any atom is -0.391 e. The Bertz CT molecular complexity index is 452.